The largest absolute Gasteiger partial charge is 0.485 e. The number of rotatable bonds is 9. The molecule has 6 nitrogen and oxygen atoms in total. The zero-order valence-corrected chi connectivity index (χ0v) is 22.9. The molecule has 1 aliphatic carbocycles. The molecule has 206 valence electrons. The van der Waals surface area contributed by atoms with Crippen molar-refractivity contribution in [1.29, 1.82) is 0 Å². The molecule has 2 aromatic carbocycles. The highest BCUT2D eigenvalue weighted by molar-refractivity contribution is 5.70. The molecule has 39 heavy (non-hydrogen) atoms. The van der Waals surface area contributed by atoms with Crippen LogP contribution < -0.4 is 14.8 Å². The van der Waals surface area contributed by atoms with Gasteiger partial charge in [0, 0.05) is 24.2 Å². The summed E-state index contributed by atoms with van der Waals surface area (Å²) in [6, 6.07) is 14.3. The van der Waals surface area contributed by atoms with Gasteiger partial charge in [0.2, 0.25) is 5.88 Å². The Hall–Kier alpha value is -3.45. The quantitative estimate of drug-likeness (QED) is 0.327. The lowest BCUT2D eigenvalue weighted by atomic mass is 9.91. The number of hydrogen-bond acceptors (Lipinski definition) is 5. The number of nitrogens with one attached hydrogen (secondary N) is 1. The van der Waals surface area contributed by atoms with Crippen LogP contribution in [0.25, 0.3) is 11.1 Å². The van der Waals surface area contributed by atoms with Gasteiger partial charge in [-0.05, 0) is 71.9 Å². The number of pyridine rings is 1. The fourth-order valence-electron chi connectivity index (χ4n) is 5.87. The molecule has 1 aliphatic heterocycles. The topological polar surface area (TPSA) is 80.7 Å². The van der Waals surface area contributed by atoms with E-state index < -0.39 is 11.9 Å². The van der Waals surface area contributed by atoms with Crippen LogP contribution in [0.5, 0.6) is 11.6 Å². The van der Waals surface area contributed by atoms with Crippen LogP contribution in [0, 0.1) is 17.7 Å². The van der Waals surface area contributed by atoms with Crippen LogP contribution >= 0.6 is 0 Å². The zero-order chi connectivity index (χ0) is 27.5. The summed E-state index contributed by atoms with van der Waals surface area (Å²) in [5.41, 5.74) is 5.44. The molecule has 1 saturated carbocycles. The Bertz CT molecular complexity index is 1340. The van der Waals surface area contributed by atoms with Gasteiger partial charge in [-0.2, -0.15) is 0 Å². The summed E-state index contributed by atoms with van der Waals surface area (Å²) < 4.78 is 26.7. The van der Waals surface area contributed by atoms with E-state index >= 15 is 0 Å². The number of hydrogen-bond donors (Lipinski definition) is 2. The van der Waals surface area contributed by atoms with E-state index in [0.717, 1.165) is 52.8 Å². The summed E-state index contributed by atoms with van der Waals surface area (Å²) in [6.07, 6.45) is 6.84. The summed E-state index contributed by atoms with van der Waals surface area (Å²) >= 11 is 0. The third-order valence-corrected chi connectivity index (χ3v) is 8.29. The monoisotopic (exact) mass is 532 g/mol. The maximum Gasteiger partial charge on any atom is 0.306 e. The third kappa shape index (κ3) is 6.09. The minimum atomic E-state index is -0.803. The van der Waals surface area contributed by atoms with Crippen LogP contribution in [-0.4, -0.2) is 29.2 Å². The molecule has 1 fully saturated rings. The zero-order valence-electron chi connectivity index (χ0n) is 22.9. The van der Waals surface area contributed by atoms with Gasteiger partial charge in [0.1, 0.15) is 17.7 Å². The van der Waals surface area contributed by atoms with Crippen LogP contribution in [0.3, 0.4) is 0 Å². The predicted octanol–water partition coefficient (Wildman–Crippen LogP) is 6.50. The van der Waals surface area contributed by atoms with E-state index in [1.54, 1.807) is 13.0 Å². The van der Waals surface area contributed by atoms with Gasteiger partial charge in [0.15, 0.2) is 0 Å². The third-order valence-electron chi connectivity index (χ3n) is 8.29. The van der Waals surface area contributed by atoms with Gasteiger partial charge in [0.25, 0.3) is 0 Å². The second-order valence-corrected chi connectivity index (χ2v) is 11.0. The molecule has 1 aromatic heterocycles. The van der Waals surface area contributed by atoms with E-state index in [-0.39, 0.29) is 11.9 Å². The minimum Gasteiger partial charge on any atom is -0.485 e. The van der Waals surface area contributed by atoms with E-state index in [4.69, 9.17) is 9.47 Å². The van der Waals surface area contributed by atoms with E-state index in [0.29, 0.717) is 36.4 Å². The molecule has 2 aliphatic rings. The first kappa shape index (κ1) is 27.1. The maximum absolute atomic E-state index is 15.0. The number of fused-ring (bicyclic) bond motifs is 1. The van der Waals surface area contributed by atoms with Crippen molar-refractivity contribution in [3.63, 3.8) is 0 Å². The fraction of sp³-hybridized carbons (Fsp3) is 0.438. The SMILES string of the molecule is COc1cc(-c2ccc([C@@H]3CCc4ccc(CC(C)C(=O)O)cc4O3)cc2CNC2CCCC2C)c(F)cn1. The molecule has 2 heterocycles. The second kappa shape index (κ2) is 11.7. The predicted molar refractivity (Wildman–Crippen MR) is 148 cm³/mol. The van der Waals surface area contributed by atoms with Gasteiger partial charge in [-0.25, -0.2) is 9.37 Å². The van der Waals surface area contributed by atoms with E-state index in [9.17, 15) is 14.3 Å². The number of halogens is 1. The first-order valence-electron chi connectivity index (χ1n) is 13.9. The van der Waals surface area contributed by atoms with Crippen molar-refractivity contribution in [3.8, 4) is 22.8 Å². The van der Waals surface area contributed by atoms with E-state index in [1.165, 1.54) is 26.1 Å². The molecule has 3 aromatic rings. The Morgan fingerprint density at radius 1 is 1.18 bits per heavy atom. The lowest BCUT2D eigenvalue weighted by Gasteiger charge is -2.28. The normalized spacial score (nSPS) is 21.2. The Balaban J connectivity index is 1.44. The van der Waals surface area contributed by atoms with Crippen molar-refractivity contribution in [2.75, 3.05) is 7.11 Å². The van der Waals surface area contributed by atoms with E-state index in [2.05, 4.69) is 29.4 Å². The summed E-state index contributed by atoms with van der Waals surface area (Å²) in [5.74, 6) is 0.160. The lowest BCUT2D eigenvalue weighted by Crippen LogP contribution is -2.30. The second-order valence-electron chi connectivity index (χ2n) is 11.0. The maximum atomic E-state index is 15.0. The first-order chi connectivity index (χ1) is 18.8. The molecule has 3 unspecified atom stereocenters. The molecular formula is C32H37FN2O4. The highest BCUT2D eigenvalue weighted by Gasteiger charge is 2.26. The number of aliphatic carboxylic acids is 1. The molecule has 0 radical (unpaired) electrons. The number of aryl methyl sites for hydroxylation is 1. The number of benzene rings is 2. The summed E-state index contributed by atoms with van der Waals surface area (Å²) in [7, 11) is 1.53. The highest BCUT2D eigenvalue weighted by Crippen LogP contribution is 2.38. The van der Waals surface area contributed by atoms with Gasteiger partial charge in [-0.3, -0.25) is 4.79 Å². The first-order valence-corrected chi connectivity index (χ1v) is 13.9. The van der Waals surface area contributed by atoms with Crippen molar-refractivity contribution < 1.29 is 23.8 Å². The smallest absolute Gasteiger partial charge is 0.306 e. The molecule has 0 saturated heterocycles. The summed E-state index contributed by atoms with van der Waals surface area (Å²) in [4.78, 5) is 15.3. The average Bonchev–Trinajstić information content (AvgIpc) is 3.36. The van der Waals surface area contributed by atoms with Gasteiger partial charge >= 0.3 is 5.97 Å². The Labute approximate surface area is 229 Å². The minimum absolute atomic E-state index is 0.139. The number of methoxy groups -OCH3 is 1. The molecule has 0 amide bonds. The number of carbonyl (C=O) groups is 1. The van der Waals surface area contributed by atoms with E-state index in [1.807, 2.05) is 24.3 Å². The van der Waals surface area contributed by atoms with Crippen LogP contribution in [0.15, 0.2) is 48.7 Å². The molecular weight excluding hydrogens is 495 g/mol. The molecule has 2 N–H and O–H groups in total. The van der Waals surface area contributed by atoms with Crippen LogP contribution in [0.1, 0.15) is 67.9 Å². The average molecular weight is 533 g/mol. The summed E-state index contributed by atoms with van der Waals surface area (Å²) in [6.45, 7) is 4.63. The van der Waals surface area contributed by atoms with Gasteiger partial charge in [0.05, 0.1) is 19.2 Å². The standard InChI is InChI=1S/C32H37FN2O4/c1-19-5-4-6-28(19)34-17-24-15-23(9-11-25(24)26-16-31(38-3)35-18-27(26)33)29-12-10-22-8-7-21(14-30(22)39-29)13-20(2)32(36)37/h7-9,11,14-16,18-20,28-29,34H,4-6,10,12-13,17H2,1-3H3,(H,36,37)/t19?,20?,28?,29-/m0/s1. The van der Waals surface area contributed by atoms with Crippen LogP contribution in [0.2, 0.25) is 0 Å². The number of carboxylic acids is 1. The number of aromatic nitrogens is 1. The van der Waals surface area contributed by atoms with Crippen molar-refractivity contribution in [3.05, 3.63) is 76.7 Å². The van der Waals surface area contributed by atoms with Gasteiger partial charge in [-0.15, -0.1) is 0 Å². The number of nitrogens with zero attached hydrogens (tertiary/aromatic N) is 1. The fourth-order valence-corrected chi connectivity index (χ4v) is 5.87. The molecule has 0 bridgehead atoms. The van der Waals surface area contributed by atoms with Gasteiger partial charge < -0.3 is 19.9 Å². The summed E-state index contributed by atoms with van der Waals surface area (Å²) in [5, 5.41) is 13.0. The Morgan fingerprint density at radius 2 is 2.03 bits per heavy atom. The van der Waals surface area contributed by atoms with Crippen molar-refractivity contribution >= 4 is 5.97 Å². The molecule has 0 spiro atoms. The lowest BCUT2D eigenvalue weighted by molar-refractivity contribution is -0.141. The van der Waals surface area contributed by atoms with Gasteiger partial charge in [-0.1, -0.05) is 50.6 Å². The van der Waals surface area contributed by atoms with Crippen molar-refractivity contribution in [2.45, 2.75) is 71.1 Å². The highest BCUT2D eigenvalue weighted by atomic mass is 19.1. The molecule has 7 heteroatoms. The van der Waals surface area contributed by atoms with Crippen LogP contribution in [-0.2, 0) is 24.2 Å². The number of carboxylic acid groups (broad SMARTS) is 1. The Kier molecular flexibility index (Phi) is 8.17. The molecule has 4 atom stereocenters. The van der Waals surface area contributed by atoms with Crippen LogP contribution in [0.4, 0.5) is 4.39 Å². The Morgan fingerprint density at radius 3 is 2.77 bits per heavy atom. The van der Waals surface area contributed by atoms with Crippen molar-refractivity contribution in [1.82, 2.24) is 10.3 Å². The van der Waals surface area contributed by atoms with Crippen molar-refractivity contribution in [2.24, 2.45) is 11.8 Å². The number of ether oxygens (including phenoxy) is 2. The molecule has 5 rings (SSSR count).